The van der Waals surface area contributed by atoms with E-state index in [-0.39, 0.29) is 0 Å². The molecule has 2 aromatic rings. The van der Waals surface area contributed by atoms with Crippen LogP contribution in [0, 0.1) is 0 Å². The minimum atomic E-state index is 0.446. The molecule has 0 aliphatic rings. The van der Waals surface area contributed by atoms with E-state index in [2.05, 4.69) is 9.97 Å². The van der Waals surface area contributed by atoms with E-state index in [0.29, 0.717) is 42.9 Å². The van der Waals surface area contributed by atoms with E-state index in [9.17, 15) is 0 Å². The second-order valence-corrected chi connectivity index (χ2v) is 4.51. The van der Waals surface area contributed by atoms with Gasteiger partial charge in [-0.25, -0.2) is 9.97 Å². The number of ether oxygens (including phenoxy) is 2. The van der Waals surface area contributed by atoms with Crippen LogP contribution in [0.25, 0.3) is 11.2 Å². The number of nitrogen functional groups attached to an aromatic ring is 1. The standard InChI is InChI=1S/C12H17ClN4O2/c1-18-5-6-19-4-2-3-17-11-10(16-12(17)14)7-9(13)8-15-11/h7-8H,2-6H2,1H3,(H2,14,16). The molecule has 0 saturated carbocycles. The summed E-state index contributed by atoms with van der Waals surface area (Å²) in [4.78, 5) is 8.49. The number of halogens is 1. The Hall–Kier alpha value is -1.37. The number of hydrogen-bond donors (Lipinski definition) is 1. The van der Waals surface area contributed by atoms with Crippen molar-refractivity contribution in [3.05, 3.63) is 17.3 Å². The van der Waals surface area contributed by atoms with E-state index in [0.717, 1.165) is 12.1 Å². The predicted molar refractivity (Wildman–Crippen MR) is 74.3 cm³/mol. The lowest BCUT2D eigenvalue weighted by molar-refractivity contribution is 0.0681. The summed E-state index contributed by atoms with van der Waals surface area (Å²) in [5.41, 5.74) is 7.34. The molecule has 0 bridgehead atoms. The van der Waals surface area contributed by atoms with Gasteiger partial charge in [0, 0.05) is 26.5 Å². The molecular formula is C12H17ClN4O2. The van der Waals surface area contributed by atoms with Gasteiger partial charge in [-0.3, -0.25) is 4.57 Å². The maximum atomic E-state index is 5.87. The second-order valence-electron chi connectivity index (χ2n) is 4.08. The van der Waals surface area contributed by atoms with E-state index in [4.69, 9.17) is 26.8 Å². The molecule has 0 atom stereocenters. The van der Waals surface area contributed by atoms with Crippen LogP contribution in [0.15, 0.2) is 12.3 Å². The summed E-state index contributed by atoms with van der Waals surface area (Å²) < 4.78 is 12.2. The first-order chi connectivity index (χ1) is 9.22. The zero-order valence-electron chi connectivity index (χ0n) is 10.8. The summed E-state index contributed by atoms with van der Waals surface area (Å²) in [5, 5.41) is 0.556. The number of rotatable bonds is 7. The molecule has 2 heterocycles. The molecule has 2 N–H and O–H groups in total. The third-order valence-electron chi connectivity index (χ3n) is 2.68. The van der Waals surface area contributed by atoms with Crippen LogP contribution in [-0.2, 0) is 16.0 Å². The number of hydrogen-bond acceptors (Lipinski definition) is 5. The Kier molecular flexibility index (Phi) is 4.95. The van der Waals surface area contributed by atoms with Crippen molar-refractivity contribution in [3.8, 4) is 0 Å². The van der Waals surface area contributed by atoms with E-state index in [1.54, 1.807) is 19.4 Å². The number of anilines is 1. The number of fused-ring (bicyclic) bond motifs is 1. The zero-order chi connectivity index (χ0) is 13.7. The maximum absolute atomic E-state index is 5.87. The second kappa shape index (κ2) is 6.70. The Bertz CT molecular complexity index is 544. The van der Waals surface area contributed by atoms with Gasteiger partial charge in [-0.15, -0.1) is 0 Å². The van der Waals surface area contributed by atoms with Gasteiger partial charge in [0.2, 0.25) is 5.95 Å². The first-order valence-electron chi connectivity index (χ1n) is 6.06. The third kappa shape index (κ3) is 3.56. The van der Waals surface area contributed by atoms with Crippen LogP contribution in [0.3, 0.4) is 0 Å². The van der Waals surface area contributed by atoms with Crippen LogP contribution in [0.5, 0.6) is 0 Å². The van der Waals surface area contributed by atoms with E-state index < -0.39 is 0 Å². The monoisotopic (exact) mass is 284 g/mol. The Morgan fingerprint density at radius 2 is 2.21 bits per heavy atom. The van der Waals surface area contributed by atoms with Gasteiger partial charge in [-0.05, 0) is 12.5 Å². The van der Waals surface area contributed by atoms with E-state index in [1.165, 1.54) is 0 Å². The first-order valence-corrected chi connectivity index (χ1v) is 6.44. The van der Waals surface area contributed by atoms with Crippen LogP contribution in [0.4, 0.5) is 5.95 Å². The number of methoxy groups -OCH3 is 1. The van der Waals surface area contributed by atoms with Crippen molar-refractivity contribution in [2.75, 3.05) is 32.7 Å². The van der Waals surface area contributed by atoms with Crippen LogP contribution in [0.1, 0.15) is 6.42 Å². The summed E-state index contributed by atoms with van der Waals surface area (Å²) in [5.74, 6) is 0.446. The largest absolute Gasteiger partial charge is 0.382 e. The molecule has 0 amide bonds. The summed E-state index contributed by atoms with van der Waals surface area (Å²) in [6.07, 6.45) is 2.43. The fourth-order valence-electron chi connectivity index (χ4n) is 1.79. The molecule has 0 fully saturated rings. The highest BCUT2D eigenvalue weighted by Crippen LogP contribution is 2.19. The molecule has 6 nitrogen and oxygen atoms in total. The van der Waals surface area contributed by atoms with Crippen molar-refractivity contribution < 1.29 is 9.47 Å². The molecule has 0 aliphatic heterocycles. The molecule has 0 aliphatic carbocycles. The minimum absolute atomic E-state index is 0.446. The van der Waals surface area contributed by atoms with Crippen LogP contribution in [0.2, 0.25) is 5.02 Å². The normalized spacial score (nSPS) is 11.3. The first kappa shape index (κ1) is 14.0. The van der Waals surface area contributed by atoms with Gasteiger partial charge >= 0.3 is 0 Å². The van der Waals surface area contributed by atoms with Crippen molar-refractivity contribution in [1.82, 2.24) is 14.5 Å². The Labute approximate surface area is 116 Å². The average molecular weight is 285 g/mol. The van der Waals surface area contributed by atoms with Gasteiger partial charge < -0.3 is 15.2 Å². The van der Waals surface area contributed by atoms with Gasteiger partial charge in [0.15, 0.2) is 5.65 Å². The van der Waals surface area contributed by atoms with Crippen LogP contribution < -0.4 is 5.73 Å². The van der Waals surface area contributed by atoms with Crippen molar-refractivity contribution in [2.24, 2.45) is 0 Å². The number of aryl methyl sites for hydroxylation is 1. The fraction of sp³-hybridized carbons (Fsp3) is 0.500. The van der Waals surface area contributed by atoms with Crippen molar-refractivity contribution in [2.45, 2.75) is 13.0 Å². The average Bonchev–Trinajstić information content (AvgIpc) is 2.69. The molecule has 7 heteroatoms. The quantitative estimate of drug-likeness (QED) is 0.784. The Morgan fingerprint density at radius 3 is 3.00 bits per heavy atom. The third-order valence-corrected chi connectivity index (χ3v) is 2.89. The summed E-state index contributed by atoms with van der Waals surface area (Å²) in [6.45, 7) is 2.57. The summed E-state index contributed by atoms with van der Waals surface area (Å²) in [6, 6.07) is 1.76. The molecule has 0 unspecified atom stereocenters. The van der Waals surface area contributed by atoms with Gasteiger partial charge in [0.05, 0.1) is 18.2 Å². The lowest BCUT2D eigenvalue weighted by Crippen LogP contribution is -2.08. The molecule has 0 aromatic carbocycles. The lowest BCUT2D eigenvalue weighted by Gasteiger charge is -2.06. The lowest BCUT2D eigenvalue weighted by atomic mass is 10.4. The van der Waals surface area contributed by atoms with Crippen molar-refractivity contribution in [3.63, 3.8) is 0 Å². The Morgan fingerprint density at radius 1 is 1.37 bits per heavy atom. The molecule has 2 aromatic heterocycles. The van der Waals surface area contributed by atoms with Gasteiger partial charge in [-0.2, -0.15) is 0 Å². The zero-order valence-corrected chi connectivity index (χ0v) is 11.6. The number of aromatic nitrogens is 3. The van der Waals surface area contributed by atoms with Gasteiger partial charge in [0.25, 0.3) is 0 Å². The van der Waals surface area contributed by atoms with Crippen molar-refractivity contribution in [1.29, 1.82) is 0 Å². The van der Waals surface area contributed by atoms with E-state index in [1.807, 2.05) is 4.57 Å². The smallest absolute Gasteiger partial charge is 0.202 e. The summed E-state index contributed by atoms with van der Waals surface area (Å²) in [7, 11) is 1.65. The molecule has 0 spiro atoms. The molecule has 2 rings (SSSR count). The number of nitrogens with two attached hydrogens (primary N) is 1. The molecule has 0 saturated heterocycles. The highest BCUT2D eigenvalue weighted by Gasteiger charge is 2.09. The Balaban J connectivity index is 1.95. The highest BCUT2D eigenvalue weighted by molar-refractivity contribution is 6.31. The van der Waals surface area contributed by atoms with Crippen LogP contribution >= 0.6 is 11.6 Å². The molecule has 104 valence electrons. The van der Waals surface area contributed by atoms with Crippen molar-refractivity contribution >= 4 is 28.7 Å². The SMILES string of the molecule is COCCOCCCn1c(N)nc2cc(Cl)cnc21. The van der Waals surface area contributed by atoms with Gasteiger partial charge in [-0.1, -0.05) is 11.6 Å². The number of pyridine rings is 1. The van der Waals surface area contributed by atoms with Gasteiger partial charge in [0.1, 0.15) is 5.52 Å². The fourth-order valence-corrected chi connectivity index (χ4v) is 1.95. The minimum Gasteiger partial charge on any atom is -0.382 e. The molecule has 19 heavy (non-hydrogen) atoms. The number of nitrogens with zero attached hydrogens (tertiary/aromatic N) is 3. The van der Waals surface area contributed by atoms with E-state index >= 15 is 0 Å². The topological polar surface area (TPSA) is 75.2 Å². The van der Waals surface area contributed by atoms with Crippen LogP contribution in [-0.4, -0.2) is 41.5 Å². The summed E-state index contributed by atoms with van der Waals surface area (Å²) >= 11 is 5.87. The number of imidazole rings is 1. The predicted octanol–water partition coefficient (Wildman–Crippen LogP) is 1.72. The molecular weight excluding hydrogens is 268 g/mol. The maximum Gasteiger partial charge on any atom is 0.202 e. The highest BCUT2D eigenvalue weighted by atomic mass is 35.5. The molecule has 0 radical (unpaired) electrons.